The molecule has 0 aromatic carbocycles. The van der Waals surface area contributed by atoms with Gasteiger partial charge in [-0.15, -0.1) is 5.10 Å². The molecular weight excluding hydrogens is 210 g/mol. The van der Waals surface area contributed by atoms with Gasteiger partial charge in [0.15, 0.2) is 5.69 Å². The van der Waals surface area contributed by atoms with Crippen LogP contribution < -0.4 is 0 Å². The summed E-state index contributed by atoms with van der Waals surface area (Å²) < 4.78 is 10.1. The number of ether oxygens (including phenoxy) is 2. The Morgan fingerprint density at radius 2 is 2.50 bits per heavy atom. The van der Waals surface area contributed by atoms with Crippen LogP contribution in [0.3, 0.4) is 0 Å². The maximum Gasteiger partial charge on any atom is 0.360 e. The van der Waals surface area contributed by atoms with Gasteiger partial charge in [0.25, 0.3) is 0 Å². The summed E-state index contributed by atoms with van der Waals surface area (Å²) in [6.45, 7) is 1.58. The number of hydrogen-bond donors (Lipinski definition) is 1. The zero-order valence-electron chi connectivity index (χ0n) is 9.02. The molecule has 1 saturated heterocycles. The summed E-state index contributed by atoms with van der Waals surface area (Å²) >= 11 is 0. The zero-order chi connectivity index (χ0) is 11.2. The lowest BCUT2D eigenvalue weighted by atomic mass is 10.0. The fraction of sp³-hybridized carbons (Fsp3) is 0.700. The van der Waals surface area contributed by atoms with Crippen LogP contribution in [0, 0.1) is 5.41 Å². The van der Waals surface area contributed by atoms with E-state index in [0.29, 0.717) is 11.6 Å². The predicted molar refractivity (Wildman–Crippen MR) is 52.9 cm³/mol. The molecule has 0 radical (unpaired) electrons. The maximum absolute atomic E-state index is 11.5. The number of methoxy groups -OCH3 is 1. The molecule has 3 rings (SSSR count). The van der Waals surface area contributed by atoms with Gasteiger partial charge in [0, 0.05) is 17.9 Å². The van der Waals surface area contributed by atoms with Crippen LogP contribution in [0.2, 0.25) is 0 Å². The van der Waals surface area contributed by atoms with Crippen LogP contribution in [-0.2, 0) is 9.47 Å². The summed E-state index contributed by atoms with van der Waals surface area (Å²) in [5, 5.41) is 10.4. The zero-order valence-corrected chi connectivity index (χ0v) is 9.02. The third kappa shape index (κ3) is 1.26. The minimum absolute atomic E-state index is 0.208. The Balaban J connectivity index is 1.86. The van der Waals surface area contributed by atoms with E-state index in [9.17, 15) is 4.79 Å². The van der Waals surface area contributed by atoms with Crippen LogP contribution in [0.4, 0.5) is 0 Å². The molecule has 0 amide bonds. The van der Waals surface area contributed by atoms with E-state index in [0.717, 1.165) is 31.7 Å². The van der Waals surface area contributed by atoms with Gasteiger partial charge in [-0.2, -0.15) is 10.3 Å². The largest absolute Gasteiger partial charge is 0.464 e. The van der Waals surface area contributed by atoms with Gasteiger partial charge in [-0.25, -0.2) is 4.79 Å². The second-order valence-electron chi connectivity index (χ2n) is 4.47. The second kappa shape index (κ2) is 3.28. The molecule has 1 spiro atoms. The summed E-state index contributed by atoms with van der Waals surface area (Å²) in [6, 6.07) is 0. The molecular formula is C10H13N3O3. The fourth-order valence-electron chi connectivity index (χ4n) is 2.52. The molecule has 2 unspecified atom stereocenters. The second-order valence-corrected chi connectivity index (χ2v) is 4.47. The van der Waals surface area contributed by atoms with E-state index in [4.69, 9.17) is 4.74 Å². The molecule has 6 nitrogen and oxygen atoms in total. The Kier molecular flexibility index (Phi) is 2.00. The predicted octanol–water partition coefficient (Wildman–Crippen LogP) is 0.485. The molecule has 1 N–H and O–H groups in total. The normalized spacial score (nSPS) is 31.9. The minimum Gasteiger partial charge on any atom is -0.464 e. The highest BCUT2D eigenvalue weighted by Crippen LogP contribution is 2.63. The minimum atomic E-state index is -0.426. The Hall–Kier alpha value is -1.43. The number of esters is 1. The van der Waals surface area contributed by atoms with Gasteiger partial charge in [0.2, 0.25) is 0 Å². The first-order valence-electron chi connectivity index (χ1n) is 5.33. The molecule has 2 heterocycles. The maximum atomic E-state index is 11.5. The van der Waals surface area contributed by atoms with Crippen molar-refractivity contribution in [3.05, 3.63) is 11.4 Å². The highest BCUT2D eigenvalue weighted by Gasteiger charge is 2.59. The van der Waals surface area contributed by atoms with Crippen molar-refractivity contribution in [3.8, 4) is 0 Å². The average Bonchev–Trinajstić information content (AvgIpc) is 2.73. The fourth-order valence-corrected chi connectivity index (χ4v) is 2.52. The number of carbonyl (C=O) groups is 1. The Morgan fingerprint density at radius 3 is 3.19 bits per heavy atom. The van der Waals surface area contributed by atoms with E-state index in [1.807, 2.05) is 0 Å². The summed E-state index contributed by atoms with van der Waals surface area (Å²) in [4.78, 5) is 11.5. The summed E-state index contributed by atoms with van der Waals surface area (Å²) in [5.74, 6) is -0.132. The number of nitrogens with zero attached hydrogens (tertiary/aromatic N) is 2. The number of carbonyl (C=O) groups excluding carboxylic acids is 1. The number of H-pyrrole nitrogens is 1. The first-order valence-corrected chi connectivity index (χ1v) is 5.33. The molecule has 16 heavy (non-hydrogen) atoms. The molecule has 2 aliphatic rings. The Labute approximate surface area is 92.3 Å². The van der Waals surface area contributed by atoms with Gasteiger partial charge in [-0.05, 0) is 12.8 Å². The van der Waals surface area contributed by atoms with Crippen LogP contribution in [0.1, 0.15) is 34.9 Å². The van der Waals surface area contributed by atoms with Crippen LogP contribution in [0.25, 0.3) is 0 Å². The van der Waals surface area contributed by atoms with E-state index in [-0.39, 0.29) is 5.41 Å². The van der Waals surface area contributed by atoms with Crippen molar-refractivity contribution in [1.82, 2.24) is 15.4 Å². The number of aromatic nitrogens is 3. The number of hydrogen-bond acceptors (Lipinski definition) is 5. The smallest absolute Gasteiger partial charge is 0.360 e. The van der Waals surface area contributed by atoms with Gasteiger partial charge in [0.05, 0.1) is 13.7 Å². The van der Waals surface area contributed by atoms with Crippen molar-refractivity contribution in [3.63, 3.8) is 0 Å². The van der Waals surface area contributed by atoms with Crippen molar-refractivity contribution in [2.24, 2.45) is 5.41 Å². The number of aromatic amines is 1. The molecule has 86 valence electrons. The van der Waals surface area contributed by atoms with E-state index in [1.54, 1.807) is 0 Å². The summed E-state index contributed by atoms with van der Waals surface area (Å²) in [5.41, 5.74) is 1.26. The van der Waals surface area contributed by atoms with Crippen LogP contribution in [0.5, 0.6) is 0 Å². The SMILES string of the molecule is COC(=O)c1n[nH]nc1C1CC12CCOC2. The number of rotatable bonds is 2. The van der Waals surface area contributed by atoms with Crippen LogP contribution >= 0.6 is 0 Å². The van der Waals surface area contributed by atoms with Gasteiger partial charge < -0.3 is 9.47 Å². The highest BCUT2D eigenvalue weighted by atomic mass is 16.5. The molecule has 2 atom stereocenters. The van der Waals surface area contributed by atoms with Crippen molar-refractivity contribution < 1.29 is 14.3 Å². The first-order chi connectivity index (χ1) is 7.77. The highest BCUT2D eigenvalue weighted by molar-refractivity contribution is 5.88. The third-order valence-corrected chi connectivity index (χ3v) is 3.61. The molecule has 0 bridgehead atoms. The third-order valence-electron chi connectivity index (χ3n) is 3.61. The lowest BCUT2D eigenvalue weighted by Gasteiger charge is -2.04. The molecule has 2 fully saturated rings. The standard InChI is InChI=1S/C10H13N3O3/c1-15-9(14)8-7(11-13-12-8)6-4-10(6)2-3-16-5-10/h6H,2-5H2,1H3,(H,11,12,13). The molecule has 1 aliphatic carbocycles. The molecule has 1 saturated carbocycles. The van der Waals surface area contributed by atoms with Crippen LogP contribution in [0.15, 0.2) is 0 Å². The van der Waals surface area contributed by atoms with E-state index in [1.165, 1.54) is 7.11 Å². The van der Waals surface area contributed by atoms with E-state index >= 15 is 0 Å². The van der Waals surface area contributed by atoms with E-state index in [2.05, 4.69) is 20.1 Å². The lowest BCUT2D eigenvalue weighted by Crippen LogP contribution is -2.08. The molecule has 6 heteroatoms. The molecule has 1 aliphatic heterocycles. The Bertz CT molecular complexity index is 423. The summed E-state index contributed by atoms with van der Waals surface area (Å²) in [7, 11) is 1.35. The Morgan fingerprint density at radius 1 is 1.62 bits per heavy atom. The number of nitrogens with one attached hydrogen (secondary N) is 1. The average molecular weight is 223 g/mol. The van der Waals surface area contributed by atoms with Gasteiger partial charge in [-0.1, -0.05) is 0 Å². The van der Waals surface area contributed by atoms with Gasteiger partial charge in [0.1, 0.15) is 5.69 Å². The quantitative estimate of drug-likeness (QED) is 0.738. The van der Waals surface area contributed by atoms with Crippen molar-refractivity contribution in [2.45, 2.75) is 18.8 Å². The van der Waals surface area contributed by atoms with Gasteiger partial charge >= 0.3 is 5.97 Å². The van der Waals surface area contributed by atoms with Crippen molar-refractivity contribution >= 4 is 5.97 Å². The lowest BCUT2D eigenvalue weighted by molar-refractivity contribution is 0.0592. The van der Waals surface area contributed by atoms with Gasteiger partial charge in [-0.3, -0.25) is 0 Å². The van der Waals surface area contributed by atoms with Crippen molar-refractivity contribution in [2.75, 3.05) is 20.3 Å². The first kappa shape index (κ1) is 9.77. The molecule has 1 aromatic rings. The molecule has 1 aromatic heterocycles. The van der Waals surface area contributed by atoms with Crippen LogP contribution in [-0.4, -0.2) is 41.7 Å². The van der Waals surface area contributed by atoms with E-state index < -0.39 is 5.97 Å². The summed E-state index contributed by atoms with van der Waals surface area (Å²) in [6.07, 6.45) is 2.08. The topological polar surface area (TPSA) is 77.1 Å². The monoisotopic (exact) mass is 223 g/mol. The van der Waals surface area contributed by atoms with Crippen molar-refractivity contribution in [1.29, 1.82) is 0 Å².